The molecule has 112 valence electrons. The first kappa shape index (κ1) is 15.6. The van der Waals surface area contributed by atoms with Gasteiger partial charge in [0.1, 0.15) is 0 Å². The Kier molecular flexibility index (Phi) is 5.02. The van der Waals surface area contributed by atoms with Gasteiger partial charge in [0.05, 0.1) is 13.0 Å². The molecule has 0 N–H and O–H groups in total. The average Bonchev–Trinajstić information content (AvgIpc) is 2.53. The predicted octanol–water partition coefficient (Wildman–Crippen LogP) is 2.76. The molecule has 1 aromatic carbocycles. The summed E-state index contributed by atoms with van der Waals surface area (Å²) in [5.74, 6) is -0.401. The van der Waals surface area contributed by atoms with Crippen molar-refractivity contribution in [2.75, 3.05) is 20.2 Å². The van der Waals surface area contributed by atoms with E-state index in [4.69, 9.17) is 16.3 Å². The monoisotopic (exact) mass is 307 g/mol. The number of methoxy groups -OCH3 is 1. The molecule has 0 unspecified atom stereocenters. The van der Waals surface area contributed by atoms with Crippen molar-refractivity contribution < 1.29 is 14.3 Å². The molecule has 0 radical (unpaired) electrons. The summed E-state index contributed by atoms with van der Waals surface area (Å²) < 4.78 is 4.74. The number of benzene rings is 1. The van der Waals surface area contributed by atoms with Gasteiger partial charge in [0, 0.05) is 23.7 Å². The zero-order valence-corrected chi connectivity index (χ0v) is 12.7. The smallest absolute Gasteiger partial charge is 0.308 e. The van der Waals surface area contributed by atoms with Crippen LogP contribution in [-0.4, -0.2) is 37.0 Å². The standard InChI is InChI=1S/C16H18ClNO3/c1-11(12-3-5-14(17)6-4-12)15(19)18-9-7-13(8-10-18)16(20)21-2/h3-6,13H,1,7-10H2,2H3. The molecule has 0 saturated carbocycles. The van der Waals surface area contributed by atoms with Gasteiger partial charge in [-0.15, -0.1) is 0 Å². The number of rotatable bonds is 3. The second kappa shape index (κ2) is 6.76. The summed E-state index contributed by atoms with van der Waals surface area (Å²) >= 11 is 5.84. The first-order chi connectivity index (χ1) is 10.0. The summed E-state index contributed by atoms with van der Waals surface area (Å²) in [5.41, 5.74) is 1.21. The third kappa shape index (κ3) is 3.64. The second-order valence-corrected chi connectivity index (χ2v) is 5.51. The fourth-order valence-corrected chi connectivity index (χ4v) is 2.58. The van der Waals surface area contributed by atoms with Crippen LogP contribution in [0.5, 0.6) is 0 Å². The molecule has 1 saturated heterocycles. The first-order valence-electron chi connectivity index (χ1n) is 6.85. The van der Waals surface area contributed by atoms with Crippen LogP contribution >= 0.6 is 11.6 Å². The van der Waals surface area contributed by atoms with Gasteiger partial charge in [0.25, 0.3) is 5.91 Å². The summed E-state index contributed by atoms with van der Waals surface area (Å²) in [4.78, 5) is 25.6. The molecule has 0 bridgehead atoms. The number of nitrogens with zero attached hydrogens (tertiary/aromatic N) is 1. The highest BCUT2D eigenvalue weighted by atomic mass is 35.5. The lowest BCUT2D eigenvalue weighted by Gasteiger charge is -2.31. The molecule has 1 fully saturated rings. The normalized spacial score (nSPS) is 15.6. The summed E-state index contributed by atoms with van der Waals surface area (Å²) in [6.45, 7) is 4.97. The maximum atomic E-state index is 12.4. The number of carbonyl (C=O) groups excluding carboxylic acids is 2. The van der Waals surface area contributed by atoms with Crippen molar-refractivity contribution >= 4 is 29.1 Å². The molecule has 5 heteroatoms. The topological polar surface area (TPSA) is 46.6 Å². The van der Waals surface area contributed by atoms with Gasteiger partial charge in [0.15, 0.2) is 0 Å². The second-order valence-electron chi connectivity index (χ2n) is 5.08. The van der Waals surface area contributed by atoms with Crippen molar-refractivity contribution in [1.29, 1.82) is 0 Å². The van der Waals surface area contributed by atoms with Gasteiger partial charge in [-0.2, -0.15) is 0 Å². The van der Waals surface area contributed by atoms with Crippen LogP contribution in [0.3, 0.4) is 0 Å². The van der Waals surface area contributed by atoms with E-state index >= 15 is 0 Å². The van der Waals surface area contributed by atoms with Gasteiger partial charge in [0.2, 0.25) is 0 Å². The Morgan fingerprint density at radius 3 is 2.33 bits per heavy atom. The number of carbonyl (C=O) groups is 2. The van der Waals surface area contributed by atoms with E-state index in [-0.39, 0.29) is 17.8 Å². The van der Waals surface area contributed by atoms with Gasteiger partial charge in [-0.1, -0.05) is 30.3 Å². The minimum Gasteiger partial charge on any atom is -0.469 e. The molecule has 0 atom stereocenters. The van der Waals surface area contributed by atoms with E-state index < -0.39 is 0 Å². The van der Waals surface area contributed by atoms with Crippen molar-refractivity contribution in [3.05, 3.63) is 41.4 Å². The molecule has 0 spiro atoms. The van der Waals surface area contributed by atoms with Crippen LogP contribution in [0, 0.1) is 5.92 Å². The highest BCUT2D eigenvalue weighted by Crippen LogP contribution is 2.23. The summed E-state index contributed by atoms with van der Waals surface area (Å²) in [6.07, 6.45) is 1.26. The Morgan fingerprint density at radius 2 is 1.81 bits per heavy atom. The number of likely N-dealkylation sites (tertiary alicyclic amines) is 1. The SMILES string of the molecule is C=C(C(=O)N1CCC(C(=O)OC)CC1)c1ccc(Cl)cc1. The molecule has 0 aromatic heterocycles. The van der Waals surface area contributed by atoms with E-state index in [1.807, 2.05) is 0 Å². The zero-order valence-electron chi connectivity index (χ0n) is 12.0. The van der Waals surface area contributed by atoms with E-state index in [2.05, 4.69) is 6.58 Å². The number of hydrogen-bond donors (Lipinski definition) is 0. The molecule has 1 aliphatic rings. The number of halogens is 1. The third-order valence-electron chi connectivity index (χ3n) is 3.77. The minimum atomic E-state index is -0.196. The Morgan fingerprint density at radius 1 is 1.24 bits per heavy atom. The molecule has 1 aliphatic heterocycles. The number of amides is 1. The minimum absolute atomic E-state index is 0.0966. The molecular formula is C16H18ClNO3. The Hall–Kier alpha value is -1.81. The zero-order chi connectivity index (χ0) is 15.4. The van der Waals surface area contributed by atoms with Crippen molar-refractivity contribution in [1.82, 2.24) is 4.90 Å². The summed E-state index contributed by atoms with van der Waals surface area (Å²) in [6, 6.07) is 7.03. The number of piperidine rings is 1. The predicted molar refractivity (Wildman–Crippen MR) is 81.8 cm³/mol. The lowest BCUT2D eigenvalue weighted by molar-refractivity contribution is -0.148. The number of esters is 1. The fraction of sp³-hybridized carbons (Fsp3) is 0.375. The van der Waals surface area contributed by atoms with Crippen molar-refractivity contribution in [3.63, 3.8) is 0 Å². The van der Waals surface area contributed by atoms with E-state index in [0.29, 0.717) is 36.5 Å². The molecule has 1 heterocycles. The molecule has 1 amide bonds. The van der Waals surface area contributed by atoms with Gasteiger partial charge in [-0.05, 0) is 30.5 Å². The van der Waals surface area contributed by atoms with Crippen LogP contribution < -0.4 is 0 Å². The van der Waals surface area contributed by atoms with Crippen LogP contribution in [0.2, 0.25) is 5.02 Å². The van der Waals surface area contributed by atoms with Crippen LogP contribution in [0.1, 0.15) is 18.4 Å². The van der Waals surface area contributed by atoms with E-state index in [9.17, 15) is 9.59 Å². The van der Waals surface area contributed by atoms with Crippen LogP contribution in [0.25, 0.3) is 5.57 Å². The molecule has 21 heavy (non-hydrogen) atoms. The van der Waals surface area contributed by atoms with Gasteiger partial charge in [-0.3, -0.25) is 9.59 Å². The van der Waals surface area contributed by atoms with Gasteiger partial charge < -0.3 is 9.64 Å². The van der Waals surface area contributed by atoms with Gasteiger partial charge >= 0.3 is 5.97 Å². The third-order valence-corrected chi connectivity index (χ3v) is 4.02. The molecular weight excluding hydrogens is 290 g/mol. The number of hydrogen-bond acceptors (Lipinski definition) is 3. The van der Waals surface area contributed by atoms with Crippen LogP contribution in [-0.2, 0) is 14.3 Å². The Labute approximate surface area is 129 Å². The largest absolute Gasteiger partial charge is 0.469 e. The lowest BCUT2D eigenvalue weighted by atomic mass is 9.96. The lowest BCUT2D eigenvalue weighted by Crippen LogP contribution is -2.40. The number of ether oxygens (including phenoxy) is 1. The van der Waals surface area contributed by atoms with E-state index in [1.54, 1.807) is 29.2 Å². The molecule has 0 aliphatic carbocycles. The molecule has 1 aromatic rings. The van der Waals surface area contributed by atoms with E-state index in [0.717, 1.165) is 5.56 Å². The van der Waals surface area contributed by atoms with Crippen molar-refractivity contribution in [2.45, 2.75) is 12.8 Å². The van der Waals surface area contributed by atoms with Crippen LogP contribution in [0.4, 0.5) is 0 Å². The molecule has 2 rings (SSSR count). The maximum absolute atomic E-state index is 12.4. The van der Waals surface area contributed by atoms with Crippen molar-refractivity contribution in [3.8, 4) is 0 Å². The van der Waals surface area contributed by atoms with Gasteiger partial charge in [-0.25, -0.2) is 0 Å². The Balaban J connectivity index is 1.97. The summed E-state index contributed by atoms with van der Waals surface area (Å²) in [5, 5.41) is 0.623. The first-order valence-corrected chi connectivity index (χ1v) is 7.22. The van der Waals surface area contributed by atoms with Crippen molar-refractivity contribution in [2.24, 2.45) is 5.92 Å². The van der Waals surface area contributed by atoms with E-state index in [1.165, 1.54) is 7.11 Å². The highest BCUT2D eigenvalue weighted by Gasteiger charge is 2.28. The Bertz CT molecular complexity index is 545. The quantitative estimate of drug-likeness (QED) is 0.637. The highest BCUT2D eigenvalue weighted by molar-refractivity contribution is 6.30. The summed E-state index contributed by atoms with van der Waals surface area (Å²) in [7, 11) is 1.39. The molecule has 4 nitrogen and oxygen atoms in total. The maximum Gasteiger partial charge on any atom is 0.308 e. The average molecular weight is 308 g/mol. The van der Waals surface area contributed by atoms with Crippen LogP contribution in [0.15, 0.2) is 30.8 Å². The fourth-order valence-electron chi connectivity index (χ4n) is 2.45.